The first-order valence-electron chi connectivity index (χ1n) is 11.4. The number of benzene rings is 3. The van der Waals surface area contributed by atoms with Crippen molar-refractivity contribution < 1.29 is 14.3 Å². The number of fused-ring (bicyclic) bond motifs is 1. The molecule has 7 nitrogen and oxygen atoms in total. The third kappa shape index (κ3) is 4.83. The number of hydrogen-bond donors (Lipinski definition) is 1. The second-order valence-corrected chi connectivity index (χ2v) is 9.20. The molecule has 0 saturated heterocycles. The van der Waals surface area contributed by atoms with Crippen LogP contribution < -0.4 is 5.32 Å². The quantitative estimate of drug-likeness (QED) is 0.251. The van der Waals surface area contributed by atoms with Crippen molar-refractivity contribution >= 4 is 44.4 Å². The highest BCUT2D eigenvalue weighted by Gasteiger charge is 2.21. The summed E-state index contributed by atoms with van der Waals surface area (Å²) in [5, 5.41) is 3.76. The first-order chi connectivity index (χ1) is 18.0. The van der Waals surface area contributed by atoms with Crippen molar-refractivity contribution in [1.82, 2.24) is 15.0 Å². The minimum atomic E-state index is -0.489. The molecule has 2 aromatic heterocycles. The monoisotopic (exact) mass is 552 g/mol. The van der Waals surface area contributed by atoms with E-state index in [2.05, 4.69) is 31.2 Å². The van der Waals surface area contributed by atoms with E-state index in [4.69, 9.17) is 9.72 Å². The van der Waals surface area contributed by atoms with Crippen molar-refractivity contribution in [3.63, 3.8) is 0 Å². The molecule has 0 atom stereocenters. The molecule has 0 aliphatic rings. The fraction of sp³-hybridized carbons (Fsp3) is 0.0690. The van der Waals surface area contributed by atoms with Crippen LogP contribution in [0.15, 0.2) is 89.8 Å². The van der Waals surface area contributed by atoms with E-state index in [0.29, 0.717) is 33.6 Å². The van der Waals surface area contributed by atoms with Crippen LogP contribution in [-0.4, -0.2) is 33.9 Å². The summed E-state index contributed by atoms with van der Waals surface area (Å²) in [5.41, 5.74) is 5.48. The Morgan fingerprint density at radius 1 is 0.973 bits per heavy atom. The zero-order chi connectivity index (χ0) is 25.9. The molecule has 0 saturated carbocycles. The highest BCUT2D eigenvalue weighted by atomic mass is 79.9. The average molecular weight is 553 g/mol. The van der Waals surface area contributed by atoms with Crippen LogP contribution in [0.4, 0.5) is 5.69 Å². The maximum Gasteiger partial charge on any atom is 0.337 e. The summed E-state index contributed by atoms with van der Waals surface area (Å²) in [5.74, 6) is -0.799. The molecule has 5 aromatic rings. The number of methoxy groups -OCH3 is 1. The Bertz CT molecular complexity index is 1640. The maximum atomic E-state index is 13.9. The van der Waals surface area contributed by atoms with Crippen LogP contribution in [0.5, 0.6) is 0 Å². The van der Waals surface area contributed by atoms with Crippen molar-refractivity contribution in [2.45, 2.75) is 6.92 Å². The van der Waals surface area contributed by atoms with E-state index in [1.165, 1.54) is 7.11 Å². The average Bonchev–Trinajstić information content (AvgIpc) is 2.93. The van der Waals surface area contributed by atoms with Gasteiger partial charge in [0.1, 0.15) is 0 Å². The lowest BCUT2D eigenvalue weighted by Gasteiger charge is -2.17. The van der Waals surface area contributed by atoms with E-state index in [1.54, 1.807) is 36.8 Å². The van der Waals surface area contributed by atoms with E-state index >= 15 is 0 Å². The molecule has 3 aromatic carbocycles. The molecule has 0 unspecified atom stereocenters. The molecule has 0 aliphatic heterocycles. The second kappa shape index (κ2) is 10.3. The van der Waals surface area contributed by atoms with Crippen molar-refractivity contribution in [3.05, 3.63) is 106 Å². The Kier molecular flexibility index (Phi) is 6.74. The number of carbonyl (C=O) groups is 2. The van der Waals surface area contributed by atoms with Gasteiger partial charge in [0.15, 0.2) is 0 Å². The van der Waals surface area contributed by atoms with Crippen LogP contribution in [0.1, 0.15) is 26.3 Å². The number of nitrogens with one attached hydrogen (secondary N) is 1. The minimum absolute atomic E-state index is 0.309. The summed E-state index contributed by atoms with van der Waals surface area (Å²) in [6, 6.07) is 20.4. The van der Waals surface area contributed by atoms with Gasteiger partial charge in [-0.25, -0.2) is 9.78 Å². The highest BCUT2D eigenvalue weighted by Crippen LogP contribution is 2.33. The number of halogens is 1. The van der Waals surface area contributed by atoms with E-state index in [-0.39, 0.29) is 5.91 Å². The van der Waals surface area contributed by atoms with Crippen LogP contribution in [-0.2, 0) is 4.74 Å². The van der Waals surface area contributed by atoms with Crippen LogP contribution in [0.25, 0.3) is 33.4 Å². The van der Waals surface area contributed by atoms with Gasteiger partial charge in [0.05, 0.1) is 47.0 Å². The molecule has 0 aliphatic carbocycles. The Morgan fingerprint density at radius 3 is 2.51 bits per heavy atom. The largest absolute Gasteiger partial charge is 0.465 e. The van der Waals surface area contributed by atoms with Gasteiger partial charge in [0.2, 0.25) is 0 Å². The Hall–Kier alpha value is -4.43. The molecule has 5 rings (SSSR count). The number of hydrogen-bond acceptors (Lipinski definition) is 6. The summed E-state index contributed by atoms with van der Waals surface area (Å²) < 4.78 is 5.71. The summed E-state index contributed by atoms with van der Waals surface area (Å²) in [6.45, 7) is 1.90. The molecular weight excluding hydrogens is 532 g/mol. The zero-order valence-corrected chi connectivity index (χ0v) is 21.6. The standard InChI is InChI=1S/C29H21BrN4O3/c1-17-26(22-15-20(30)9-11-24(22)33-27(17)18-6-4-3-5-7-18)28(35)34-23-10-8-19(29(36)37-2)14-21(23)25-16-31-12-13-32-25/h3-16H,1-2H3,(H,34,35). The second-order valence-electron chi connectivity index (χ2n) is 8.28. The third-order valence-electron chi connectivity index (χ3n) is 5.99. The number of nitrogens with zero attached hydrogens (tertiary/aromatic N) is 3. The van der Waals surface area contributed by atoms with E-state index in [9.17, 15) is 9.59 Å². The fourth-order valence-corrected chi connectivity index (χ4v) is 4.59. The molecular formula is C29H21BrN4O3. The lowest BCUT2D eigenvalue weighted by molar-refractivity contribution is 0.0600. The van der Waals surface area contributed by atoms with Gasteiger partial charge in [0.25, 0.3) is 5.91 Å². The topological polar surface area (TPSA) is 94.1 Å². The number of esters is 1. The molecule has 1 N–H and O–H groups in total. The molecule has 182 valence electrons. The van der Waals surface area contributed by atoms with Crippen LogP contribution in [0.3, 0.4) is 0 Å². The summed E-state index contributed by atoms with van der Waals surface area (Å²) >= 11 is 3.52. The van der Waals surface area contributed by atoms with Gasteiger partial charge in [0, 0.05) is 33.4 Å². The van der Waals surface area contributed by atoms with Gasteiger partial charge in [-0.15, -0.1) is 0 Å². The van der Waals surface area contributed by atoms with Crippen LogP contribution in [0.2, 0.25) is 0 Å². The van der Waals surface area contributed by atoms with Gasteiger partial charge in [-0.2, -0.15) is 0 Å². The molecule has 2 heterocycles. The summed E-state index contributed by atoms with van der Waals surface area (Å²) in [7, 11) is 1.32. The van der Waals surface area contributed by atoms with E-state index in [0.717, 1.165) is 26.7 Å². The van der Waals surface area contributed by atoms with Crippen LogP contribution in [0, 0.1) is 6.92 Å². The lowest BCUT2D eigenvalue weighted by atomic mass is 9.97. The molecule has 37 heavy (non-hydrogen) atoms. The van der Waals surface area contributed by atoms with Gasteiger partial charge >= 0.3 is 5.97 Å². The lowest BCUT2D eigenvalue weighted by Crippen LogP contribution is -2.16. The Morgan fingerprint density at radius 2 is 1.78 bits per heavy atom. The molecule has 0 fully saturated rings. The molecule has 0 bridgehead atoms. The first kappa shape index (κ1) is 24.3. The van der Waals surface area contributed by atoms with Crippen molar-refractivity contribution in [2.75, 3.05) is 12.4 Å². The zero-order valence-electron chi connectivity index (χ0n) is 20.0. The van der Waals surface area contributed by atoms with E-state index in [1.807, 2.05) is 55.5 Å². The fourth-order valence-electron chi connectivity index (χ4n) is 4.23. The number of rotatable bonds is 5. The Balaban J connectivity index is 1.66. The number of ether oxygens (including phenoxy) is 1. The molecule has 0 radical (unpaired) electrons. The van der Waals surface area contributed by atoms with Crippen molar-refractivity contribution in [2.24, 2.45) is 0 Å². The molecule has 0 spiro atoms. The normalized spacial score (nSPS) is 10.8. The third-order valence-corrected chi connectivity index (χ3v) is 6.49. The number of amides is 1. The van der Waals surface area contributed by atoms with Gasteiger partial charge in [-0.1, -0.05) is 46.3 Å². The predicted octanol–water partition coefficient (Wildman–Crippen LogP) is 6.47. The summed E-state index contributed by atoms with van der Waals surface area (Å²) in [4.78, 5) is 39.5. The van der Waals surface area contributed by atoms with Crippen molar-refractivity contribution in [3.8, 4) is 22.5 Å². The number of carbonyl (C=O) groups excluding carboxylic acids is 2. The van der Waals surface area contributed by atoms with Gasteiger partial charge < -0.3 is 10.1 Å². The van der Waals surface area contributed by atoms with Crippen LogP contribution >= 0.6 is 15.9 Å². The highest BCUT2D eigenvalue weighted by molar-refractivity contribution is 9.10. The van der Waals surface area contributed by atoms with Gasteiger partial charge in [-0.05, 0) is 48.9 Å². The number of pyridine rings is 1. The Labute approximate surface area is 221 Å². The minimum Gasteiger partial charge on any atom is -0.465 e. The first-order valence-corrected chi connectivity index (χ1v) is 12.2. The van der Waals surface area contributed by atoms with E-state index < -0.39 is 5.97 Å². The number of anilines is 1. The SMILES string of the molecule is COC(=O)c1ccc(NC(=O)c2c(C)c(-c3ccccc3)nc3ccc(Br)cc23)c(-c2cnccn2)c1. The predicted molar refractivity (Wildman–Crippen MR) is 146 cm³/mol. The van der Waals surface area contributed by atoms with Crippen molar-refractivity contribution in [1.29, 1.82) is 0 Å². The van der Waals surface area contributed by atoms with Gasteiger partial charge in [-0.3, -0.25) is 14.8 Å². The number of aromatic nitrogens is 3. The maximum absolute atomic E-state index is 13.9. The molecule has 1 amide bonds. The summed E-state index contributed by atoms with van der Waals surface area (Å²) in [6.07, 6.45) is 4.68. The smallest absolute Gasteiger partial charge is 0.337 e. The molecule has 8 heteroatoms.